The number of halogens is 1. The van der Waals surface area contributed by atoms with Gasteiger partial charge in [0, 0.05) is 39.1 Å². The van der Waals surface area contributed by atoms with Crippen LogP contribution in [0.5, 0.6) is 0 Å². The van der Waals surface area contributed by atoms with Gasteiger partial charge in [-0.05, 0) is 12.8 Å². The van der Waals surface area contributed by atoms with Gasteiger partial charge in [-0.15, -0.1) is 0 Å². The Balaban J connectivity index is 1.31. The number of anilines is 2. The summed E-state index contributed by atoms with van der Waals surface area (Å²) in [5.41, 5.74) is 10.8. The van der Waals surface area contributed by atoms with Crippen molar-refractivity contribution in [1.29, 1.82) is 0 Å². The molecule has 1 spiro atoms. The number of nitrogens with two attached hydrogens (primary N) is 2. The molecule has 13 heteroatoms. The molecule has 6 N–H and O–H groups in total. The van der Waals surface area contributed by atoms with Crippen LogP contribution in [0, 0.1) is 0 Å². The Kier molecular flexibility index (Phi) is 5.81. The summed E-state index contributed by atoms with van der Waals surface area (Å²) >= 11 is 5.83. The second-order valence-corrected chi connectivity index (χ2v) is 8.20. The third-order valence-electron chi connectivity index (χ3n) is 5.75. The highest BCUT2D eigenvalue weighted by Gasteiger charge is 2.40. The monoisotopic (exact) mass is 448 g/mol. The van der Waals surface area contributed by atoms with Crippen LogP contribution in [0.1, 0.15) is 29.8 Å². The van der Waals surface area contributed by atoms with Crippen LogP contribution in [0.25, 0.3) is 0 Å². The van der Waals surface area contributed by atoms with Gasteiger partial charge in [-0.25, -0.2) is 9.97 Å². The van der Waals surface area contributed by atoms with Gasteiger partial charge >= 0.3 is 5.91 Å². The van der Waals surface area contributed by atoms with E-state index < -0.39 is 5.91 Å². The van der Waals surface area contributed by atoms with Crippen molar-refractivity contribution in [2.24, 2.45) is 9.98 Å². The van der Waals surface area contributed by atoms with E-state index in [1.165, 1.54) is 0 Å². The fourth-order valence-electron chi connectivity index (χ4n) is 3.88. The molecule has 4 heterocycles. The van der Waals surface area contributed by atoms with Crippen LogP contribution in [0.2, 0.25) is 5.15 Å². The van der Waals surface area contributed by atoms with Crippen LogP contribution < -0.4 is 22.1 Å². The Morgan fingerprint density at radius 1 is 1.19 bits per heavy atom. The lowest BCUT2D eigenvalue weighted by Gasteiger charge is -2.38. The number of carbonyl (C=O) groups excluding carboxylic acids is 2. The van der Waals surface area contributed by atoms with Crippen LogP contribution in [0.3, 0.4) is 0 Å². The summed E-state index contributed by atoms with van der Waals surface area (Å²) in [6.07, 6.45) is 3.80. The maximum absolute atomic E-state index is 12.5. The van der Waals surface area contributed by atoms with Crippen molar-refractivity contribution in [3.63, 3.8) is 0 Å². The van der Waals surface area contributed by atoms with Gasteiger partial charge in [0.25, 0.3) is 0 Å². The minimum atomic E-state index is -0.669. The molecule has 12 nitrogen and oxygen atoms in total. The average Bonchev–Trinajstić information content (AvgIpc) is 3.40. The summed E-state index contributed by atoms with van der Waals surface area (Å²) in [4.78, 5) is 44.8. The van der Waals surface area contributed by atoms with Gasteiger partial charge in [-0.1, -0.05) is 11.6 Å². The van der Waals surface area contributed by atoms with Gasteiger partial charge < -0.3 is 31.9 Å². The lowest BCUT2D eigenvalue weighted by molar-refractivity contribution is -0.132. The molecule has 0 atom stereocenters. The second-order valence-electron chi connectivity index (χ2n) is 7.85. The first-order chi connectivity index (χ1) is 14.8. The van der Waals surface area contributed by atoms with Crippen LogP contribution in [-0.4, -0.2) is 88.7 Å². The molecule has 0 aromatic carbocycles. The number of aromatic nitrogens is 2. The number of hydrogen-bond donors (Lipinski definition) is 4. The van der Waals surface area contributed by atoms with E-state index in [4.69, 9.17) is 23.1 Å². The van der Waals surface area contributed by atoms with Gasteiger partial charge in [-0.3, -0.25) is 14.6 Å². The molecular formula is C18H25ClN10O2. The first kappa shape index (κ1) is 21.1. The van der Waals surface area contributed by atoms with Crippen molar-refractivity contribution >= 4 is 47.3 Å². The largest absolute Gasteiger partial charge is 0.382 e. The second kappa shape index (κ2) is 8.53. The van der Waals surface area contributed by atoms with E-state index in [2.05, 4.69) is 35.5 Å². The number of amides is 2. The minimum Gasteiger partial charge on any atom is -0.382 e. The van der Waals surface area contributed by atoms with Crippen LogP contribution in [0.4, 0.5) is 11.6 Å². The molecule has 0 bridgehead atoms. The van der Waals surface area contributed by atoms with Gasteiger partial charge in [0.2, 0.25) is 5.91 Å². The summed E-state index contributed by atoms with van der Waals surface area (Å²) in [5.74, 6) is -0.353. The predicted molar refractivity (Wildman–Crippen MR) is 117 cm³/mol. The molecule has 2 amide bonds. The molecule has 1 aromatic heterocycles. The molecule has 0 radical (unpaired) electrons. The summed E-state index contributed by atoms with van der Waals surface area (Å²) in [5, 5.41) is 6.31. The predicted octanol–water partition coefficient (Wildman–Crippen LogP) is -0.921. The van der Waals surface area contributed by atoms with Crippen molar-refractivity contribution in [3.05, 3.63) is 10.8 Å². The quantitative estimate of drug-likeness (QED) is 0.455. The lowest BCUT2D eigenvalue weighted by atomic mass is 9.88. The van der Waals surface area contributed by atoms with E-state index in [0.29, 0.717) is 38.6 Å². The molecule has 166 valence electrons. The molecule has 31 heavy (non-hydrogen) atoms. The molecular weight excluding hydrogens is 424 g/mol. The number of nitrogen functional groups attached to an aromatic ring is 2. The number of nitrogens with zero attached hydrogens (tertiary/aromatic N) is 6. The molecule has 0 unspecified atom stereocenters. The smallest absolute Gasteiger partial charge is 0.302 e. The van der Waals surface area contributed by atoms with E-state index in [1.807, 2.05) is 11.2 Å². The zero-order valence-electron chi connectivity index (χ0n) is 17.0. The topological polar surface area (TPSA) is 167 Å². The maximum atomic E-state index is 12.5. The third-order valence-corrected chi connectivity index (χ3v) is 6.02. The Hall–Kier alpha value is -3.15. The number of carbonyl (C=O) groups is 2. The molecule has 3 aliphatic heterocycles. The molecule has 2 fully saturated rings. The Morgan fingerprint density at radius 2 is 1.97 bits per heavy atom. The molecule has 1 aromatic rings. The van der Waals surface area contributed by atoms with Crippen LogP contribution in [0.15, 0.2) is 9.98 Å². The Morgan fingerprint density at radius 3 is 2.68 bits per heavy atom. The van der Waals surface area contributed by atoms with E-state index >= 15 is 0 Å². The lowest BCUT2D eigenvalue weighted by Crippen LogP contribution is -2.54. The fraction of sp³-hybridized carbons (Fsp3) is 0.556. The summed E-state index contributed by atoms with van der Waals surface area (Å²) < 4.78 is 0. The zero-order chi connectivity index (χ0) is 22.0. The van der Waals surface area contributed by atoms with Crippen molar-refractivity contribution in [1.82, 2.24) is 30.4 Å². The molecule has 0 aliphatic carbocycles. The van der Waals surface area contributed by atoms with Crippen molar-refractivity contribution in [2.75, 3.05) is 50.7 Å². The summed E-state index contributed by atoms with van der Waals surface area (Å²) in [6.45, 7) is 4.28. The van der Waals surface area contributed by atoms with Gasteiger partial charge in [0.15, 0.2) is 28.4 Å². The zero-order valence-corrected chi connectivity index (χ0v) is 17.7. The normalized spacial score (nSPS) is 20.9. The highest BCUT2D eigenvalue weighted by atomic mass is 35.5. The number of guanidine groups is 1. The van der Waals surface area contributed by atoms with E-state index in [9.17, 15) is 9.59 Å². The molecule has 3 aliphatic rings. The number of hydrogen-bond acceptors (Lipinski definition) is 8. The first-order valence-electron chi connectivity index (χ1n) is 10.1. The molecule has 2 saturated heterocycles. The number of likely N-dealkylation sites (tertiary alicyclic amines) is 1. The SMILES string of the molecule is Nc1nc(N)c(C(=O)/N=C2\NCC3(CCN(C(=O)CCN4C=NCC4)CC3)N2)nc1Cl. The number of aliphatic imine (C=N–C) groups is 2. The van der Waals surface area contributed by atoms with Gasteiger partial charge in [0.1, 0.15) is 0 Å². The number of nitrogens with one attached hydrogen (secondary N) is 2. The standard InChI is InChI=1S/C18H25ClN10O2/c19-13-15(21)25-14(20)12(24-13)16(31)26-17-23-9-18(27-17)2-6-29(7-3-18)11(30)1-5-28-8-4-22-10-28/h10H,1-9H2,(H4,20,21,25)(H2,23,26,27,31). The molecule has 4 rings (SSSR count). The van der Waals surface area contributed by atoms with Crippen molar-refractivity contribution < 1.29 is 9.59 Å². The van der Waals surface area contributed by atoms with Crippen molar-refractivity contribution in [2.45, 2.75) is 24.8 Å². The maximum Gasteiger partial charge on any atom is 0.302 e. The minimum absolute atomic E-state index is 0.0469. The third kappa shape index (κ3) is 4.63. The Labute approximate surface area is 184 Å². The van der Waals surface area contributed by atoms with E-state index in [0.717, 1.165) is 25.9 Å². The first-order valence-corrected chi connectivity index (χ1v) is 10.5. The number of piperidine rings is 1. The Bertz CT molecular complexity index is 942. The van der Waals surface area contributed by atoms with E-state index in [1.54, 1.807) is 0 Å². The highest BCUT2D eigenvalue weighted by Crippen LogP contribution is 2.25. The summed E-state index contributed by atoms with van der Waals surface area (Å²) in [6, 6.07) is 0. The van der Waals surface area contributed by atoms with Gasteiger partial charge in [-0.2, -0.15) is 4.99 Å². The highest BCUT2D eigenvalue weighted by molar-refractivity contribution is 6.31. The summed E-state index contributed by atoms with van der Waals surface area (Å²) in [7, 11) is 0. The van der Waals surface area contributed by atoms with E-state index in [-0.39, 0.29) is 33.9 Å². The van der Waals surface area contributed by atoms with Crippen LogP contribution >= 0.6 is 11.6 Å². The van der Waals surface area contributed by atoms with Crippen molar-refractivity contribution in [3.8, 4) is 0 Å². The fourth-order valence-corrected chi connectivity index (χ4v) is 4.01. The van der Waals surface area contributed by atoms with Gasteiger partial charge in [0.05, 0.1) is 18.4 Å². The average molecular weight is 449 g/mol. The molecule has 0 saturated carbocycles. The van der Waals surface area contributed by atoms with Crippen LogP contribution in [-0.2, 0) is 4.79 Å². The number of rotatable bonds is 4.